The van der Waals surface area contributed by atoms with E-state index in [1.807, 2.05) is 11.3 Å². The second-order valence-corrected chi connectivity index (χ2v) is 14.4. The summed E-state index contributed by atoms with van der Waals surface area (Å²) in [5.41, 5.74) is 12.1. The van der Waals surface area contributed by atoms with E-state index >= 15 is 0 Å². The summed E-state index contributed by atoms with van der Waals surface area (Å²) in [5, 5.41) is 7.71. The zero-order chi connectivity index (χ0) is 33.5. The van der Waals surface area contributed by atoms with Gasteiger partial charge < -0.3 is 9.13 Å². The molecule has 238 valence electrons. The van der Waals surface area contributed by atoms with Crippen molar-refractivity contribution in [2.45, 2.75) is 0 Å². The zero-order valence-electron chi connectivity index (χ0n) is 27.6. The molecule has 0 aliphatic heterocycles. The van der Waals surface area contributed by atoms with Crippen molar-refractivity contribution in [3.8, 4) is 33.6 Å². The van der Waals surface area contributed by atoms with Crippen LogP contribution in [0.3, 0.4) is 0 Å². The molecular formula is C48H30N2S. The van der Waals surface area contributed by atoms with E-state index in [1.54, 1.807) is 0 Å². The van der Waals surface area contributed by atoms with Gasteiger partial charge >= 0.3 is 0 Å². The highest BCUT2D eigenvalue weighted by molar-refractivity contribution is 7.25. The summed E-state index contributed by atoms with van der Waals surface area (Å²) in [6.07, 6.45) is 0. The molecule has 11 rings (SSSR count). The molecule has 51 heavy (non-hydrogen) atoms. The molecule has 0 aliphatic carbocycles. The molecule has 2 nitrogen and oxygen atoms in total. The lowest BCUT2D eigenvalue weighted by Gasteiger charge is -2.10. The number of benzene rings is 8. The molecule has 3 heterocycles. The van der Waals surface area contributed by atoms with Crippen LogP contribution in [0.25, 0.3) is 97.4 Å². The van der Waals surface area contributed by atoms with E-state index in [9.17, 15) is 0 Å². The van der Waals surface area contributed by atoms with E-state index in [1.165, 1.54) is 91.7 Å². The third-order valence-electron chi connectivity index (χ3n) is 10.5. The third kappa shape index (κ3) is 4.35. The van der Waals surface area contributed by atoms with Crippen LogP contribution in [0.5, 0.6) is 0 Å². The Morgan fingerprint density at radius 2 is 0.784 bits per heavy atom. The first-order valence-corrected chi connectivity index (χ1v) is 18.2. The zero-order valence-corrected chi connectivity index (χ0v) is 28.4. The van der Waals surface area contributed by atoms with E-state index in [0.717, 1.165) is 5.69 Å². The summed E-state index contributed by atoms with van der Waals surface area (Å²) >= 11 is 1.88. The molecule has 0 unspecified atom stereocenters. The molecule has 0 amide bonds. The van der Waals surface area contributed by atoms with Crippen molar-refractivity contribution in [1.82, 2.24) is 9.13 Å². The summed E-state index contributed by atoms with van der Waals surface area (Å²) in [5.74, 6) is 0. The monoisotopic (exact) mass is 666 g/mol. The minimum absolute atomic E-state index is 1.16. The van der Waals surface area contributed by atoms with Gasteiger partial charge in [0.1, 0.15) is 0 Å². The molecule has 3 aromatic heterocycles. The number of thiophene rings is 1. The lowest BCUT2D eigenvalue weighted by atomic mass is 10.0. The molecule has 0 radical (unpaired) electrons. The molecule has 0 saturated heterocycles. The molecule has 0 spiro atoms. The van der Waals surface area contributed by atoms with Crippen LogP contribution in [0, 0.1) is 0 Å². The summed E-state index contributed by atoms with van der Waals surface area (Å²) in [6, 6.07) is 66.6. The Hall–Kier alpha value is -6.42. The fraction of sp³-hybridized carbons (Fsp3) is 0. The highest BCUT2D eigenvalue weighted by Crippen LogP contribution is 2.42. The van der Waals surface area contributed by atoms with E-state index in [2.05, 4.69) is 191 Å². The van der Waals surface area contributed by atoms with Gasteiger partial charge in [-0.15, -0.1) is 11.3 Å². The number of aromatic nitrogens is 2. The maximum absolute atomic E-state index is 2.43. The van der Waals surface area contributed by atoms with Gasteiger partial charge in [-0.2, -0.15) is 0 Å². The van der Waals surface area contributed by atoms with Crippen molar-refractivity contribution < 1.29 is 0 Å². The Morgan fingerprint density at radius 3 is 1.53 bits per heavy atom. The van der Waals surface area contributed by atoms with Gasteiger partial charge in [-0.25, -0.2) is 0 Å². The third-order valence-corrected chi connectivity index (χ3v) is 11.7. The Morgan fingerprint density at radius 1 is 0.275 bits per heavy atom. The fourth-order valence-corrected chi connectivity index (χ4v) is 9.26. The molecule has 0 aliphatic rings. The Bertz CT molecular complexity index is 3110. The average Bonchev–Trinajstić information content (AvgIpc) is 3.84. The topological polar surface area (TPSA) is 9.86 Å². The van der Waals surface area contributed by atoms with Gasteiger partial charge in [0, 0.05) is 53.1 Å². The molecule has 11 aromatic rings. The van der Waals surface area contributed by atoms with Gasteiger partial charge in [-0.1, -0.05) is 109 Å². The first kappa shape index (κ1) is 28.4. The van der Waals surface area contributed by atoms with Crippen molar-refractivity contribution in [3.05, 3.63) is 182 Å². The number of rotatable bonds is 4. The number of hydrogen-bond acceptors (Lipinski definition) is 1. The summed E-state index contributed by atoms with van der Waals surface area (Å²) in [7, 11) is 0. The first-order valence-electron chi connectivity index (χ1n) is 17.4. The molecule has 0 fully saturated rings. The van der Waals surface area contributed by atoms with E-state index in [-0.39, 0.29) is 0 Å². The largest absolute Gasteiger partial charge is 0.309 e. The molecule has 3 heteroatoms. The maximum Gasteiger partial charge on any atom is 0.0548 e. The number of nitrogens with zero attached hydrogens (tertiary/aromatic N) is 2. The molecule has 0 N–H and O–H groups in total. The number of fused-ring (bicyclic) bond motifs is 9. The van der Waals surface area contributed by atoms with E-state index in [4.69, 9.17) is 0 Å². The first-order chi connectivity index (χ1) is 25.3. The van der Waals surface area contributed by atoms with Crippen LogP contribution in [0.15, 0.2) is 182 Å². The molecule has 0 saturated carbocycles. The van der Waals surface area contributed by atoms with Crippen molar-refractivity contribution in [3.63, 3.8) is 0 Å². The molecule has 0 atom stereocenters. The minimum Gasteiger partial charge on any atom is -0.309 e. The molecule has 0 bridgehead atoms. The second kappa shape index (κ2) is 11.0. The predicted molar refractivity (Wildman–Crippen MR) is 219 cm³/mol. The Kier molecular flexibility index (Phi) is 6.16. The SMILES string of the molecule is c1ccc(-c2ccc(-n3c4ccccc4c4cc(-c5ccc6c(c5)c5cc7sc8ccccc8c7cc5n6-c5ccccc5)ccc43)cc2)cc1. The fourth-order valence-electron chi connectivity index (χ4n) is 8.14. The van der Waals surface area contributed by atoms with Crippen LogP contribution < -0.4 is 0 Å². The van der Waals surface area contributed by atoms with Crippen LogP contribution in [0.2, 0.25) is 0 Å². The highest BCUT2D eigenvalue weighted by Gasteiger charge is 2.18. The molecule has 8 aromatic carbocycles. The van der Waals surface area contributed by atoms with E-state index < -0.39 is 0 Å². The van der Waals surface area contributed by atoms with Crippen LogP contribution in [-0.4, -0.2) is 9.13 Å². The van der Waals surface area contributed by atoms with Crippen molar-refractivity contribution >= 4 is 75.1 Å². The quantitative estimate of drug-likeness (QED) is 0.177. The highest BCUT2D eigenvalue weighted by atomic mass is 32.1. The van der Waals surface area contributed by atoms with Gasteiger partial charge in [0.2, 0.25) is 0 Å². The summed E-state index contributed by atoms with van der Waals surface area (Å²) < 4.78 is 7.49. The van der Waals surface area contributed by atoms with Gasteiger partial charge in [-0.05, 0) is 95.1 Å². The predicted octanol–water partition coefficient (Wildman–Crippen LogP) is 13.6. The van der Waals surface area contributed by atoms with Gasteiger partial charge in [0.25, 0.3) is 0 Å². The minimum atomic E-state index is 1.16. The van der Waals surface area contributed by atoms with Gasteiger partial charge in [-0.3, -0.25) is 0 Å². The normalized spacial score (nSPS) is 11.9. The Balaban J connectivity index is 1.10. The smallest absolute Gasteiger partial charge is 0.0548 e. The van der Waals surface area contributed by atoms with Crippen LogP contribution in [0.1, 0.15) is 0 Å². The summed E-state index contributed by atoms with van der Waals surface area (Å²) in [6.45, 7) is 0. The van der Waals surface area contributed by atoms with Crippen LogP contribution in [0.4, 0.5) is 0 Å². The Labute approximate surface area is 298 Å². The van der Waals surface area contributed by atoms with Crippen LogP contribution >= 0.6 is 11.3 Å². The number of para-hydroxylation sites is 2. The van der Waals surface area contributed by atoms with Crippen molar-refractivity contribution in [2.75, 3.05) is 0 Å². The average molecular weight is 667 g/mol. The second-order valence-electron chi connectivity index (χ2n) is 13.4. The lowest BCUT2D eigenvalue weighted by molar-refractivity contribution is 1.18. The van der Waals surface area contributed by atoms with Crippen LogP contribution in [-0.2, 0) is 0 Å². The van der Waals surface area contributed by atoms with Crippen molar-refractivity contribution in [2.24, 2.45) is 0 Å². The van der Waals surface area contributed by atoms with Gasteiger partial charge in [0.05, 0.1) is 22.1 Å². The number of hydrogen-bond donors (Lipinski definition) is 0. The standard InChI is InChI=1S/C48H30N2S/c1-3-11-31(12-4-1)32-19-23-36(24-20-32)49-43-17-9-7-15-37(43)39-27-33(21-25-44(39)49)34-22-26-45-40(28-34)41-30-48-42(38-16-8-10-18-47(38)51-48)29-46(41)50(45)35-13-5-2-6-14-35/h1-30H. The lowest BCUT2D eigenvalue weighted by Crippen LogP contribution is -1.94. The van der Waals surface area contributed by atoms with E-state index in [0.29, 0.717) is 0 Å². The van der Waals surface area contributed by atoms with Crippen molar-refractivity contribution in [1.29, 1.82) is 0 Å². The maximum atomic E-state index is 2.43. The van der Waals surface area contributed by atoms with Gasteiger partial charge in [0.15, 0.2) is 0 Å². The molecular weight excluding hydrogens is 637 g/mol. The summed E-state index contributed by atoms with van der Waals surface area (Å²) in [4.78, 5) is 0.